The summed E-state index contributed by atoms with van der Waals surface area (Å²) in [5, 5.41) is 22.7. The van der Waals surface area contributed by atoms with E-state index >= 15 is 14.4 Å². The predicted molar refractivity (Wildman–Crippen MR) is 234 cm³/mol. The zero-order valence-corrected chi connectivity index (χ0v) is 35.2. The molecule has 14 nitrogen and oxygen atoms in total. The van der Waals surface area contributed by atoms with Gasteiger partial charge in [-0.15, -0.1) is 0 Å². The average Bonchev–Trinajstić information content (AvgIpc) is 3.78. The largest absolute Gasteiger partial charge is 0.491 e. The Labute approximate surface area is 370 Å². The van der Waals surface area contributed by atoms with Crippen molar-refractivity contribution in [1.29, 1.82) is 0 Å². The third-order valence-electron chi connectivity index (χ3n) is 11.9. The van der Waals surface area contributed by atoms with E-state index in [1.165, 1.54) is 7.11 Å². The number of imide groups is 1. The van der Waals surface area contributed by atoms with Crippen LogP contribution in [0.1, 0.15) is 58.1 Å². The Morgan fingerprint density at radius 3 is 2.30 bits per heavy atom. The van der Waals surface area contributed by atoms with Crippen molar-refractivity contribution in [3.63, 3.8) is 0 Å². The minimum atomic E-state index is -2.08. The number of nitrogens with one attached hydrogen (secondary N) is 1. The van der Waals surface area contributed by atoms with Crippen LogP contribution in [0.4, 0.5) is 10.5 Å². The number of carbonyl (C=O) groups excluding carboxylic acids is 4. The summed E-state index contributed by atoms with van der Waals surface area (Å²) in [6, 6.07) is 32.6. The van der Waals surface area contributed by atoms with Crippen LogP contribution < -0.4 is 15.0 Å². The molecule has 6 unspecified atom stereocenters. The van der Waals surface area contributed by atoms with Crippen LogP contribution in [0.5, 0.6) is 5.75 Å². The van der Waals surface area contributed by atoms with E-state index in [9.17, 15) is 15.0 Å². The van der Waals surface area contributed by atoms with E-state index < -0.39 is 59.4 Å². The Morgan fingerprint density at radius 2 is 1.58 bits per heavy atom. The second kappa shape index (κ2) is 19.7. The topological polar surface area (TPSA) is 177 Å². The minimum Gasteiger partial charge on any atom is -0.491 e. The number of esters is 1. The quantitative estimate of drug-likeness (QED) is 0.0776. The standard InChI is InChI=1S/C50H48N4O10/c1-61-30-31-63-49(60)53-39-23-22-33(14-11-13-27-55)32-38(39)50(48(53)59)41(46(57)52-26-24-36-19-10-12-25-51-36)43-47(58)64-44(35-17-6-3-7-18-35)42(34-15-4-2-5-16-34)54(43)45(50)37-20-8-9-21-40(37)62-29-28-56/h2-10,12,15-23,25,32,41-45,55-56H,13,24,26-31H2,1H3,(H,52,57). The number of carbonyl (C=O) groups is 4. The van der Waals surface area contributed by atoms with Gasteiger partial charge in [0.05, 0.1) is 43.5 Å². The van der Waals surface area contributed by atoms with Gasteiger partial charge in [-0.2, -0.15) is 0 Å². The molecule has 4 aromatic carbocycles. The second-order valence-electron chi connectivity index (χ2n) is 15.5. The fourth-order valence-electron chi connectivity index (χ4n) is 9.40. The molecule has 1 aromatic heterocycles. The highest BCUT2D eigenvalue weighted by Gasteiger charge is 2.76. The van der Waals surface area contributed by atoms with E-state index in [0.29, 0.717) is 28.8 Å². The molecule has 6 atom stereocenters. The van der Waals surface area contributed by atoms with Gasteiger partial charge in [-0.3, -0.25) is 24.3 Å². The molecule has 5 aromatic rings. The van der Waals surface area contributed by atoms with Gasteiger partial charge in [-0.1, -0.05) is 96.8 Å². The molecule has 328 valence electrons. The molecule has 0 saturated carbocycles. The van der Waals surface area contributed by atoms with Crippen molar-refractivity contribution in [2.45, 2.75) is 42.5 Å². The van der Waals surface area contributed by atoms with Gasteiger partial charge >= 0.3 is 12.1 Å². The van der Waals surface area contributed by atoms with Crippen LogP contribution in [-0.4, -0.2) is 96.7 Å². The highest BCUT2D eigenvalue weighted by molar-refractivity contribution is 6.23. The van der Waals surface area contributed by atoms with E-state index in [0.717, 1.165) is 10.5 Å². The zero-order valence-electron chi connectivity index (χ0n) is 35.2. The van der Waals surface area contributed by atoms with Crippen LogP contribution in [0.15, 0.2) is 128 Å². The molecule has 0 aliphatic carbocycles. The van der Waals surface area contributed by atoms with Crippen LogP contribution in [0.3, 0.4) is 0 Å². The number of aromatic nitrogens is 1. The van der Waals surface area contributed by atoms with Gasteiger partial charge in [-0.05, 0) is 53.1 Å². The van der Waals surface area contributed by atoms with Crippen LogP contribution in [0, 0.1) is 17.8 Å². The number of cyclic esters (lactones) is 1. The number of aliphatic hydroxyl groups is 2. The van der Waals surface area contributed by atoms with Gasteiger partial charge < -0.3 is 34.5 Å². The number of ether oxygens (including phenoxy) is 4. The van der Waals surface area contributed by atoms with E-state index in [1.54, 1.807) is 54.7 Å². The number of benzene rings is 4. The number of hydrogen-bond acceptors (Lipinski definition) is 12. The number of hydrogen-bond donors (Lipinski definition) is 3. The number of amides is 3. The number of fused-ring (bicyclic) bond motifs is 3. The van der Waals surface area contributed by atoms with Crippen molar-refractivity contribution < 1.29 is 48.3 Å². The highest BCUT2D eigenvalue weighted by Crippen LogP contribution is 2.66. The molecule has 0 radical (unpaired) electrons. The molecular weight excluding hydrogens is 817 g/mol. The summed E-state index contributed by atoms with van der Waals surface area (Å²) < 4.78 is 23.6. The number of rotatable bonds is 14. The SMILES string of the molecule is COCCOC(=O)N1C(=O)C2(c3cc(C#CCCO)ccc31)C(C(=O)NCCc1ccccn1)C1C(=O)OC(c3ccccc3)C(c3ccccc3)N1C2c1ccccc1OCCO. The van der Waals surface area contributed by atoms with Gasteiger partial charge in [0.1, 0.15) is 36.5 Å². The monoisotopic (exact) mass is 864 g/mol. The summed E-state index contributed by atoms with van der Waals surface area (Å²) in [4.78, 5) is 68.8. The van der Waals surface area contributed by atoms with Crippen molar-refractivity contribution in [1.82, 2.24) is 15.2 Å². The number of anilines is 1. The van der Waals surface area contributed by atoms with Gasteiger partial charge in [0, 0.05) is 49.5 Å². The molecule has 0 bridgehead atoms. The molecule has 3 aliphatic rings. The first-order valence-corrected chi connectivity index (χ1v) is 21.2. The van der Waals surface area contributed by atoms with Crippen molar-refractivity contribution in [3.05, 3.63) is 161 Å². The zero-order chi connectivity index (χ0) is 44.6. The summed E-state index contributed by atoms with van der Waals surface area (Å²) in [7, 11) is 1.45. The van der Waals surface area contributed by atoms with Crippen LogP contribution in [0.2, 0.25) is 0 Å². The Hall–Kier alpha value is -6.89. The Kier molecular flexibility index (Phi) is 13.4. The smallest absolute Gasteiger partial charge is 0.421 e. The maximum absolute atomic E-state index is 16.3. The number of para-hydroxylation sites is 1. The van der Waals surface area contributed by atoms with Crippen LogP contribution in [-0.2, 0) is 40.4 Å². The number of nitrogens with zero attached hydrogens (tertiary/aromatic N) is 3. The van der Waals surface area contributed by atoms with Crippen molar-refractivity contribution >= 4 is 29.6 Å². The van der Waals surface area contributed by atoms with Crippen LogP contribution in [0.25, 0.3) is 0 Å². The molecule has 4 heterocycles. The number of morpholine rings is 1. The molecular formula is C50H48N4O10. The Morgan fingerprint density at radius 1 is 0.844 bits per heavy atom. The summed E-state index contributed by atoms with van der Waals surface area (Å²) >= 11 is 0. The van der Waals surface area contributed by atoms with Crippen molar-refractivity contribution in [2.75, 3.05) is 51.6 Å². The van der Waals surface area contributed by atoms with Gasteiger partial charge in [0.2, 0.25) is 11.8 Å². The minimum absolute atomic E-state index is 0.0476. The molecule has 2 fully saturated rings. The maximum atomic E-state index is 16.3. The lowest BCUT2D eigenvalue weighted by atomic mass is 9.65. The molecule has 2 saturated heterocycles. The summed E-state index contributed by atoms with van der Waals surface area (Å²) in [6.07, 6.45) is 0.209. The Balaban J connectivity index is 1.44. The third-order valence-corrected chi connectivity index (χ3v) is 11.9. The molecule has 3 aliphatic heterocycles. The van der Waals surface area contributed by atoms with E-state index in [2.05, 4.69) is 22.1 Å². The first-order valence-electron chi connectivity index (χ1n) is 21.2. The molecule has 8 rings (SSSR count). The molecule has 3 N–H and O–H groups in total. The van der Waals surface area contributed by atoms with Crippen molar-refractivity contribution in [3.8, 4) is 17.6 Å². The first kappa shape index (κ1) is 43.7. The molecule has 1 spiro atoms. The summed E-state index contributed by atoms with van der Waals surface area (Å²) in [6.45, 7) is -0.660. The molecule has 14 heteroatoms. The number of pyridine rings is 1. The summed E-state index contributed by atoms with van der Waals surface area (Å²) in [5.41, 5.74) is 1.25. The highest BCUT2D eigenvalue weighted by atomic mass is 16.6. The Bertz CT molecular complexity index is 2530. The average molecular weight is 865 g/mol. The van der Waals surface area contributed by atoms with Gasteiger partial charge in [0.25, 0.3) is 0 Å². The lowest BCUT2D eigenvalue weighted by Gasteiger charge is -2.46. The number of methoxy groups -OCH3 is 1. The fraction of sp³-hybridized carbons (Fsp3) is 0.300. The maximum Gasteiger partial charge on any atom is 0.421 e. The second-order valence-corrected chi connectivity index (χ2v) is 15.5. The van der Waals surface area contributed by atoms with Crippen molar-refractivity contribution in [2.24, 2.45) is 5.92 Å². The fourth-order valence-corrected chi connectivity index (χ4v) is 9.40. The van der Waals surface area contributed by atoms with E-state index in [1.807, 2.05) is 77.7 Å². The predicted octanol–water partition coefficient (Wildman–Crippen LogP) is 4.99. The van der Waals surface area contributed by atoms with E-state index in [4.69, 9.17) is 18.9 Å². The van der Waals surface area contributed by atoms with Gasteiger partial charge in [-0.25, -0.2) is 9.69 Å². The van der Waals surface area contributed by atoms with Gasteiger partial charge in [0.15, 0.2) is 0 Å². The first-order chi connectivity index (χ1) is 31.3. The van der Waals surface area contributed by atoms with E-state index in [-0.39, 0.29) is 63.0 Å². The van der Waals surface area contributed by atoms with Crippen LogP contribution >= 0.6 is 0 Å². The third kappa shape index (κ3) is 8.10. The summed E-state index contributed by atoms with van der Waals surface area (Å²) in [5.74, 6) is 2.54. The number of aliphatic hydroxyl groups excluding tert-OH is 2. The normalized spacial score (nSPS) is 22.2. The molecule has 3 amide bonds. The molecule has 64 heavy (non-hydrogen) atoms. The lowest BCUT2D eigenvalue weighted by molar-refractivity contribution is -0.178. The lowest BCUT2D eigenvalue weighted by Crippen LogP contribution is -2.56.